The van der Waals surface area contributed by atoms with Crippen LogP contribution >= 0.6 is 27.7 Å². The highest BCUT2D eigenvalue weighted by molar-refractivity contribution is 9.10. The van der Waals surface area contributed by atoms with Gasteiger partial charge in [-0.25, -0.2) is 4.39 Å². The number of H-pyrrole nitrogens is 1. The number of fused-ring (bicyclic) bond motifs is 1. The van der Waals surface area contributed by atoms with Gasteiger partial charge in [0.05, 0.1) is 15.9 Å². The molecule has 0 aliphatic heterocycles. The van der Waals surface area contributed by atoms with Crippen LogP contribution in [-0.4, -0.2) is 34.6 Å². The summed E-state index contributed by atoms with van der Waals surface area (Å²) in [5, 5.41) is 0.723. The van der Waals surface area contributed by atoms with E-state index in [2.05, 4.69) is 25.9 Å². The van der Waals surface area contributed by atoms with Gasteiger partial charge < -0.3 is 9.72 Å². The van der Waals surface area contributed by atoms with Crippen molar-refractivity contribution in [2.75, 3.05) is 13.4 Å². The molecule has 0 saturated carbocycles. The first-order valence-corrected chi connectivity index (χ1v) is 9.16. The van der Waals surface area contributed by atoms with Crippen LogP contribution in [0.4, 0.5) is 4.39 Å². The number of aromatic amines is 1. The number of benzene rings is 1. The fourth-order valence-electron chi connectivity index (χ4n) is 2.58. The lowest BCUT2D eigenvalue weighted by Crippen LogP contribution is -2.20. The minimum atomic E-state index is -0.645. The molecular formula is C17H14BrFN2O2S. The van der Waals surface area contributed by atoms with E-state index in [9.17, 15) is 9.18 Å². The number of hydrogen-bond donors (Lipinski definition) is 1. The average molecular weight is 409 g/mol. The number of thioether (sulfide) groups is 1. The summed E-state index contributed by atoms with van der Waals surface area (Å²) >= 11 is 4.50. The smallest absolute Gasteiger partial charge is 0.218 e. The topological polar surface area (TPSA) is 55.0 Å². The maximum atomic E-state index is 13.9. The Labute approximate surface area is 150 Å². The third-order valence-electron chi connectivity index (χ3n) is 3.65. The van der Waals surface area contributed by atoms with Crippen LogP contribution in [-0.2, 0) is 4.74 Å². The predicted molar refractivity (Wildman–Crippen MR) is 97.8 cm³/mol. The van der Waals surface area contributed by atoms with E-state index in [0.29, 0.717) is 26.9 Å². The van der Waals surface area contributed by atoms with Gasteiger partial charge in [-0.15, -0.1) is 11.8 Å². The predicted octanol–water partition coefficient (Wildman–Crippen LogP) is 4.65. The molecule has 24 heavy (non-hydrogen) atoms. The second-order valence-electron chi connectivity index (χ2n) is 5.07. The molecule has 7 heteroatoms. The maximum absolute atomic E-state index is 13.9. The van der Waals surface area contributed by atoms with Crippen molar-refractivity contribution in [2.45, 2.75) is 5.44 Å². The Morgan fingerprint density at radius 2 is 2.21 bits per heavy atom. The molecule has 1 aromatic carbocycles. The van der Waals surface area contributed by atoms with E-state index in [1.807, 2.05) is 12.1 Å². The minimum Gasteiger partial charge on any atom is -0.362 e. The number of carbonyl (C=O) groups is 1. The first-order valence-electron chi connectivity index (χ1n) is 7.08. The Morgan fingerprint density at radius 1 is 1.42 bits per heavy atom. The van der Waals surface area contributed by atoms with Crippen LogP contribution in [0.5, 0.6) is 0 Å². The van der Waals surface area contributed by atoms with Crippen LogP contribution in [0.1, 0.15) is 10.5 Å². The first kappa shape index (κ1) is 17.1. The van der Waals surface area contributed by atoms with Crippen molar-refractivity contribution < 1.29 is 13.9 Å². The minimum absolute atomic E-state index is 0.210. The fourth-order valence-corrected chi connectivity index (χ4v) is 3.45. The molecule has 4 nitrogen and oxygen atoms in total. The normalized spacial score (nSPS) is 12.5. The van der Waals surface area contributed by atoms with E-state index in [-0.39, 0.29) is 5.78 Å². The zero-order valence-corrected chi connectivity index (χ0v) is 15.4. The van der Waals surface area contributed by atoms with E-state index < -0.39 is 11.3 Å². The molecule has 0 saturated heterocycles. The summed E-state index contributed by atoms with van der Waals surface area (Å²) in [6.45, 7) is 0. The molecule has 2 heterocycles. The Kier molecular flexibility index (Phi) is 5.03. The zero-order valence-electron chi connectivity index (χ0n) is 13.0. The van der Waals surface area contributed by atoms with Crippen LogP contribution in [0.2, 0.25) is 0 Å². The number of rotatable bonds is 5. The molecule has 0 amide bonds. The number of ether oxygens (including phenoxy) is 1. The lowest BCUT2D eigenvalue weighted by Gasteiger charge is -2.11. The van der Waals surface area contributed by atoms with Gasteiger partial charge in [0.2, 0.25) is 5.78 Å². The molecule has 0 fully saturated rings. The average Bonchev–Trinajstić information content (AvgIpc) is 2.95. The molecule has 124 valence electrons. The number of halogens is 2. The molecular weight excluding hydrogens is 395 g/mol. The number of aromatic nitrogens is 2. The number of nitrogens with zero attached hydrogens (tertiary/aromatic N) is 1. The van der Waals surface area contributed by atoms with Crippen LogP contribution in [0.15, 0.2) is 41.0 Å². The van der Waals surface area contributed by atoms with Crippen LogP contribution in [0, 0.1) is 5.82 Å². The summed E-state index contributed by atoms with van der Waals surface area (Å²) in [6, 6.07) is 8.48. The SMILES string of the molecule is COC(SC)C(=O)c1[nH]c2cc(F)c(Br)cc2c1-c1ccccn1. The van der Waals surface area contributed by atoms with Crippen molar-refractivity contribution in [1.29, 1.82) is 0 Å². The summed E-state index contributed by atoms with van der Waals surface area (Å²) in [7, 11) is 1.48. The van der Waals surface area contributed by atoms with Gasteiger partial charge in [0.25, 0.3) is 0 Å². The van der Waals surface area contributed by atoms with Crippen LogP contribution in [0.25, 0.3) is 22.2 Å². The fraction of sp³-hybridized carbons (Fsp3) is 0.176. The van der Waals surface area contributed by atoms with Gasteiger partial charge in [0, 0.05) is 29.8 Å². The summed E-state index contributed by atoms with van der Waals surface area (Å²) in [5.41, 5.74) is 1.54. The van der Waals surface area contributed by atoms with Crippen molar-refractivity contribution in [3.8, 4) is 11.3 Å². The molecule has 0 bridgehead atoms. The van der Waals surface area contributed by atoms with E-state index >= 15 is 0 Å². The lowest BCUT2D eigenvalue weighted by molar-refractivity contribution is 0.0791. The quantitative estimate of drug-likeness (QED) is 0.493. The molecule has 2 aromatic heterocycles. The second kappa shape index (κ2) is 7.04. The molecule has 0 spiro atoms. The number of hydrogen-bond acceptors (Lipinski definition) is 4. The Morgan fingerprint density at radius 3 is 2.83 bits per heavy atom. The molecule has 0 aliphatic carbocycles. The van der Waals surface area contributed by atoms with Crippen molar-refractivity contribution in [3.05, 3.63) is 52.5 Å². The molecule has 1 unspecified atom stereocenters. The monoisotopic (exact) mass is 408 g/mol. The highest BCUT2D eigenvalue weighted by atomic mass is 79.9. The second-order valence-corrected chi connectivity index (χ2v) is 6.82. The molecule has 3 aromatic rings. The van der Waals surface area contributed by atoms with Gasteiger partial charge in [-0.1, -0.05) is 6.07 Å². The van der Waals surface area contributed by atoms with Crippen molar-refractivity contribution in [3.63, 3.8) is 0 Å². The van der Waals surface area contributed by atoms with Crippen molar-refractivity contribution >= 4 is 44.4 Å². The van der Waals surface area contributed by atoms with Crippen molar-refractivity contribution in [1.82, 2.24) is 9.97 Å². The van der Waals surface area contributed by atoms with E-state index in [1.165, 1.54) is 24.9 Å². The number of pyridine rings is 1. The Bertz CT molecular complexity index is 894. The van der Waals surface area contributed by atoms with Gasteiger partial charge in [0.15, 0.2) is 5.44 Å². The van der Waals surface area contributed by atoms with Gasteiger partial charge in [-0.3, -0.25) is 9.78 Å². The number of Topliss-reactive ketones (excluding diaryl/α,β-unsaturated/α-hetero) is 1. The molecule has 1 atom stereocenters. The molecule has 0 radical (unpaired) electrons. The summed E-state index contributed by atoms with van der Waals surface area (Å²) < 4.78 is 19.5. The lowest BCUT2D eigenvalue weighted by atomic mass is 10.0. The third-order valence-corrected chi connectivity index (χ3v) is 5.09. The first-order chi connectivity index (χ1) is 11.6. The highest BCUT2D eigenvalue weighted by Gasteiger charge is 2.26. The Balaban J connectivity index is 2.30. The Hall–Kier alpha value is -1.70. The van der Waals surface area contributed by atoms with Gasteiger partial charge in [-0.2, -0.15) is 0 Å². The van der Waals surface area contributed by atoms with Crippen molar-refractivity contribution in [2.24, 2.45) is 0 Å². The van der Waals surface area contributed by atoms with Gasteiger partial charge in [0.1, 0.15) is 5.82 Å². The zero-order chi connectivity index (χ0) is 17.3. The number of nitrogens with one attached hydrogen (secondary N) is 1. The summed E-state index contributed by atoms with van der Waals surface area (Å²) in [4.78, 5) is 20.2. The number of ketones is 1. The molecule has 0 aliphatic rings. The van der Waals surface area contributed by atoms with E-state index in [4.69, 9.17) is 4.74 Å². The van der Waals surface area contributed by atoms with Gasteiger partial charge in [-0.05, 0) is 46.5 Å². The number of methoxy groups -OCH3 is 1. The largest absolute Gasteiger partial charge is 0.362 e. The van der Waals surface area contributed by atoms with Crippen LogP contribution < -0.4 is 0 Å². The molecule has 3 rings (SSSR count). The maximum Gasteiger partial charge on any atom is 0.218 e. The highest BCUT2D eigenvalue weighted by Crippen LogP contribution is 2.35. The summed E-state index contributed by atoms with van der Waals surface area (Å²) in [5.74, 6) is -0.609. The van der Waals surface area contributed by atoms with E-state index in [0.717, 1.165) is 5.39 Å². The third kappa shape index (κ3) is 2.99. The molecule has 1 N–H and O–H groups in total. The van der Waals surface area contributed by atoms with E-state index in [1.54, 1.807) is 24.6 Å². The van der Waals surface area contributed by atoms with Crippen LogP contribution in [0.3, 0.4) is 0 Å². The summed E-state index contributed by atoms with van der Waals surface area (Å²) in [6.07, 6.45) is 3.45. The standard InChI is InChI=1S/C17H14BrFN2O2S/c1-23-17(24-2)16(22)15-14(12-5-3-4-6-20-12)9-7-10(18)11(19)8-13(9)21-15/h3-8,17,21H,1-2H3. The van der Waals surface area contributed by atoms with Gasteiger partial charge >= 0.3 is 0 Å². The number of carbonyl (C=O) groups excluding carboxylic acids is 1.